The van der Waals surface area contributed by atoms with E-state index in [2.05, 4.69) is 43.1 Å². The first-order chi connectivity index (χ1) is 6.29. The third kappa shape index (κ3) is 1.51. The number of rotatable bonds is 1. The fourth-order valence-corrected chi connectivity index (χ4v) is 1.83. The van der Waals surface area contributed by atoms with E-state index in [4.69, 9.17) is 0 Å². The van der Waals surface area contributed by atoms with Crippen LogP contribution in [0.25, 0.3) is 6.08 Å². The first-order valence-electron chi connectivity index (χ1n) is 4.92. The highest BCUT2D eigenvalue weighted by Gasteiger charge is 2.03. The number of fused-ring (bicyclic) bond motifs is 1. The van der Waals surface area contributed by atoms with Crippen molar-refractivity contribution in [3.05, 3.63) is 34.3 Å². The third-order valence-corrected chi connectivity index (χ3v) is 2.50. The average molecular weight is 173 g/mol. The Morgan fingerprint density at radius 3 is 2.92 bits per heavy atom. The van der Waals surface area contributed by atoms with Crippen molar-refractivity contribution in [1.29, 1.82) is 0 Å². The van der Waals surface area contributed by atoms with Crippen LogP contribution in [0.2, 0.25) is 0 Å². The first kappa shape index (κ1) is 8.49. The molecule has 0 spiro atoms. The van der Waals surface area contributed by atoms with Gasteiger partial charge in [0.2, 0.25) is 0 Å². The number of nitrogens with zero attached hydrogens (tertiary/aromatic N) is 1. The second-order valence-electron chi connectivity index (χ2n) is 3.81. The molecule has 0 aliphatic carbocycles. The average Bonchev–Trinajstić information content (AvgIpc) is 2.17. The molecular formula is C12H15N. The maximum Gasteiger partial charge on any atom is 0.0646 e. The second kappa shape index (κ2) is 3.33. The van der Waals surface area contributed by atoms with Crippen molar-refractivity contribution in [3.63, 3.8) is 0 Å². The predicted molar refractivity (Wildman–Crippen MR) is 55.3 cm³/mol. The molecule has 1 aliphatic rings. The van der Waals surface area contributed by atoms with E-state index in [1.807, 2.05) is 0 Å². The van der Waals surface area contributed by atoms with Crippen LogP contribution >= 0.6 is 0 Å². The Morgan fingerprint density at radius 2 is 2.15 bits per heavy atom. The highest BCUT2D eigenvalue weighted by atomic mass is 14.7. The van der Waals surface area contributed by atoms with E-state index in [0.29, 0.717) is 5.92 Å². The van der Waals surface area contributed by atoms with E-state index in [1.54, 1.807) is 0 Å². The molecule has 1 aliphatic heterocycles. The predicted octanol–water partition coefficient (Wildman–Crippen LogP) is 1.61. The fraction of sp³-hybridized carbons (Fsp3) is 0.417. The summed E-state index contributed by atoms with van der Waals surface area (Å²) >= 11 is 0. The summed E-state index contributed by atoms with van der Waals surface area (Å²) in [6, 6.07) is 6.43. The van der Waals surface area contributed by atoms with Crippen molar-refractivity contribution in [2.75, 3.05) is 6.54 Å². The molecule has 0 fully saturated rings. The van der Waals surface area contributed by atoms with Gasteiger partial charge in [-0.15, -0.1) is 0 Å². The zero-order valence-corrected chi connectivity index (χ0v) is 8.25. The smallest absolute Gasteiger partial charge is 0.0646 e. The Balaban J connectivity index is 2.74. The molecule has 68 valence electrons. The van der Waals surface area contributed by atoms with E-state index in [-0.39, 0.29) is 0 Å². The van der Waals surface area contributed by atoms with Crippen LogP contribution in [0.4, 0.5) is 0 Å². The van der Waals surface area contributed by atoms with Crippen LogP contribution < -0.4 is 10.6 Å². The maximum atomic E-state index is 4.50. The molecule has 0 radical (unpaired) electrons. The normalized spacial score (nSPS) is 14.7. The van der Waals surface area contributed by atoms with Gasteiger partial charge in [0.1, 0.15) is 0 Å². The molecule has 13 heavy (non-hydrogen) atoms. The summed E-state index contributed by atoms with van der Waals surface area (Å²) in [5.41, 5.74) is 1.43. The van der Waals surface area contributed by atoms with Gasteiger partial charge in [0.25, 0.3) is 0 Å². The van der Waals surface area contributed by atoms with E-state index in [0.717, 1.165) is 13.0 Å². The molecule has 0 unspecified atom stereocenters. The van der Waals surface area contributed by atoms with Crippen LogP contribution in [0.1, 0.15) is 31.7 Å². The Bertz CT molecular complexity index is 415. The van der Waals surface area contributed by atoms with Crippen LogP contribution in [0, 0.1) is 0 Å². The van der Waals surface area contributed by atoms with Crippen LogP contribution in [0.3, 0.4) is 0 Å². The third-order valence-electron chi connectivity index (χ3n) is 2.50. The van der Waals surface area contributed by atoms with Gasteiger partial charge in [-0.3, -0.25) is 4.99 Å². The number of hydrogen-bond acceptors (Lipinski definition) is 1. The quantitative estimate of drug-likeness (QED) is 0.612. The van der Waals surface area contributed by atoms with Gasteiger partial charge in [0, 0.05) is 6.54 Å². The molecular weight excluding hydrogens is 158 g/mol. The van der Waals surface area contributed by atoms with Gasteiger partial charge in [-0.2, -0.15) is 0 Å². The standard InChI is InChI=1S/C12H15N/c1-9(2)10-5-3-7-12-11(10)6-4-8-13-12/h3,5-7,9H,4,8H2,1-2H3. The summed E-state index contributed by atoms with van der Waals surface area (Å²) in [5, 5.41) is 2.54. The van der Waals surface area contributed by atoms with Crippen molar-refractivity contribution >= 4 is 6.08 Å². The maximum absolute atomic E-state index is 4.50. The van der Waals surface area contributed by atoms with Gasteiger partial charge in [0.05, 0.1) is 5.36 Å². The lowest BCUT2D eigenvalue weighted by molar-refractivity contribution is 0.843. The van der Waals surface area contributed by atoms with Crippen molar-refractivity contribution in [2.24, 2.45) is 4.99 Å². The van der Waals surface area contributed by atoms with E-state index >= 15 is 0 Å². The van der Waals surface area contributed by atoms with Gasteiger partial charge >= 0.3 is 0 Å². The molecule has 1 aromatic carbocycles. The largest absolute Gasteiger partial charge is 0.284 e. The van der Waals surface area contributed by atoms with Gasteiger partial charge in [0.15, 0.2) is 0 Å². The van der Waals surface area contributed by atoms with Gasteiger partial charge < -0.3 is 0 Å². The lowest BCUT2D eigenvalue weighted by Gasteiger charge is -2.08. The minimum absolute atomic E-state index is 0.597. The minimum Gasteiger partial charge on any atom is -0.284 e. The van der Waals surface area contributed by atoms with Crippen LogP contribution in [-0.2, 0) is 0 Å². The van der Waals surface area contributed by atoms with E-state index < -0.39 is 0 Å². The zero-order chi connectivity index (χ0) is 9.26. The lowest BCUT2D eigenvalue weighted by Crippen LogP contribution is -2.31. The SMILES string of the molecule is CC(C)c1cccc2c1=CCCN=2. The summed E-state index contributed by atoms with van der Waals surface area (Å²) in [4.78, 5) is 4.50. The Hall–Kier alpha value is -1.11. The second-order valence-corrected chi connectivity index (χ2v) is 3.81. The molecule has 1 nitrogen and oxygen atoms in total. The molecule has 1 aromatic rings. The topological polar surface area (TPSA) is 12.4 Å². The van der Waals surface area contributed by atoms with Crippen LogP contribution in [0.15, 0.2) is 23.2 Å². The summed E-state index contributed by atoms with van der Waals surface area (Å²) in [5.74, 6) is 0.597. The highest BCUT2D eigenvalue weighted by molar-refractivity contribution is 5.33. The van der Waals surface area contributed by atoms with Crippen molar-refractivity contribution in [2.45, 2.75) is 26.2 Å². The van der Waals surface area contributed by atoms with Gasteiger partial charge in [-0.05, 0) is 29.2 Å². The Kier molecular flexibility index (Phi) is 2.17. The summed E-state index contributed by atoms with van der Waals surface area (Å²) in [7, 11) is 0. The van der Waals surface area contributed by atoms with Crippen molar-refractivity contribution in [1.82, 2.24) is 0 Å². The van der Waals surface area contributed by atoms with Crippen LogP contribution in [-0.4, -0.2) is 6.54 Å². The zero-order valence-electron chi connectivity index (χ0n) is 8.25. The molecule has 0 saturated heterocycles. The van der Waals surface area contributed by atoms with Crippen molar-refractivity contribution in [3.8, 4) is 0 Å². The van der Waals surface area contributed by atoms with Crippen LogP contribution in [0.5, 0.6) is 0 Å². The Labute approximate surface area is 78.8 Å². The molecule has 0 saturated carbocycles. The molecule has 1 heterocycles. The molecule has 0 N–H and O–H groups in total. The highest BCUT2D eigenvalue weighted by Crippen LogP contribution is 2.07. The molecule has 0 amide bonds. The summed E-state index contributed by atoms with van der Waals surface area (Å²) in [6.07, 6.45) is 3.41. The molecule has 0 atom stereocenters. The summed E-state index contributed by atoms with van der Waals surface area (Å²) in [6.45, 7) is 5.42. The van der Waals surface area contributed by atoms with Gasteiger partial charge in [-0.25, -0.2) is 0 Å². The van der Waals surface area contributed by atoms with Gasteiger partial charge in [-0.1, -0.05) is 32.1 Å². The molecule has 0 bridgehead atoms. The molecule has 0 aromatic heterocycles. The number of hydrogen-bond donors (Lipinski definition) is 0. The van der Waals surface area contributed by atoms with Crippen molar-refractivity contribution < 1.29 is 0 Å². The summed E-state index contributed by atoms with van der Waals surface area (Å²) < 4.78 is 0. The Morgan fingerprint density at radius 1 is 1.31 bits per heavy atom. The number of benzene rings is 1. The molecule has 2 rings (SSSR count). The molecule has 1 heteroatoms. The first-order valence-corrected chi connectivity index (χ1v) is 4.92. The minimum atomic E-state index is 0.597. The fourth-order valence-electron chi connectivity index (χ4n) is 1.83. The van der Waals surface area contributed by atoms with E-state index in [1.165, 1.54) is 16.1 Å². The lowest BCUT2D eigenvalue weighted by atomic mass is 9.99. The monoisotopic (exact) mass is 173 g/mol. The van der Waals surface area contributed by atoms with E-state index in [9.17, 15) is 0 Å².